The maximum absolute atomic E-state index is 13.9. The van der Waals surface area contributed by atoms with Crippen molar-refractivity contribution in [3.05, 3.63) is 65.2 Å². The fourth-order valence-electron chi connectivity index (χ4n) is 2.15. The molecule has 2 aromatic carbocycles. The van der Waals surface area contributed by atoms with Crippen LogP contribution in [0.25, 0.3) is 0 Å². The molecule has 0 bridgehead atoms. The van der Waals surface area contributed by atoms with Gasteiger partial charge in [-0.1, -0.05) is 24.3 Å². The van der Waals surface area contributed by atoms with Crippen LogP contribution in [0.5, 0.6) is 0 Å². The third kappa shape index (κ3) is 2.80. The normalized spacial score (nSPS) is 12.4. The molecule has 2 rings (SSSR count). The monoisotopic (exact) mass is 279 g/mol. The van der Waals surface area contributed by atoms with Crippen molar-refractivity contribution in [1.82, 2.24) is 5.32 Å². The lowest BCUT2D eigenvalue weighted by molar-refractivity contribution is 0.519. The molecule has 0 amide bonds. The molecule has 1 N–H and O–H groups in total. The highest BCUT2D eigenvalue weighted by molar-refractivity contribution is 7.98. The highest BCUT2D eigenvalue weighted by Gasteiger charge is 2.22. The van der Waals surface area contributed by atoms with Gasteiger partial charge in [-0.05, 0) is 37.1 Å². The van der Waals surface area contributed by atoms with Crippen LogP contribution in [0, 0.1) is 11.6 Å². The van der Waals surface area contributed by atoms with Crippen molar-refractivity contribution < 1.29 is 8.78 Å². The second-order valence-electron chi connectivity index (χ2n) is 4.10. The topological polar surface area (TPSA) is 12.0 Å². The summed E-state index contributed by atoms with van der Waals surface area (Å²) in [7, 11) is 1.70. The van der Waals surface area contributed by atoms with Gasteiger partial charge in [0.15, 0.2) is 0 Å². The lowest BCUT2D eigenvalue weighted by Crippen LogP contribution is -2.21. The molecule has 19 heavy (non-hydrogen) atoms. The smallest absolute Gasteiger partial charge is 0.131 e. The molecule has 0 aromatic heterocycles. The summed E-state index contributed by atoms with van der Waals surface area (Å²) in [6, 6.07) is 11.1. The molecule has 1 unspecified atom stereocenters. The van der Waals surface area contributed by atoms with Gasteiger partial charge in [0.2, 0.25) is 0 Å². The minimum atomic E-state index is -0.532. The van der Waals surface area contributed by atoms with E-state index in [0.717, 1.165) is 10.5 Å². The number of nitrogens with one attached hydrogen (secondary N) is 1. The number of rotatable bonds is 4. The van der Waals surface area contributed by atoms with Gasteiger partial charge in [-0.2, -0.15) is 0 Å². The molecule has 0 radical (unpaired) electrons. The van der Waals surface area contributed by atoms with Crippen molar-refractivity contribution in [2.75, 3.05) is 13.3 Å². The Hall–Kier alpha value is -1.39. The first-order chi connectivity index (χ1) is 9.19. The van der Waals surface area contributed by atoms with Crippen LogP contribution in [-0.2, 0) is 0 Å². The zero-order valence-corrected chi connectivity index (χ0v) is 11.6. The second-order valence-corrected chi connectivity index (χ2v) is 4.95. The largest absolute Gasteiger partial charge is 0.309 e. The van der Waals surface area contributed by atoms with Crippen molar-refractivity contribution in [1.29, 1.82) is 0 Å². The summed E-state index contributed by atoms with van der Waals surface area (Å²) in [4.78, 5) is 1.00. The van der Waals surface area contributed by atoms with E-state index in [0.29, 0.717) is 0 Å². The molecule has 0 fully saturated rings. The van der Waals surface area contributed by atoms with Gasteiger partial charge in [0.25, 0.3) is 0 Å². The average molecular weight is 279 g/mol. The summed E-state index contributed by atoms with van der Waals surface area (Å²) in [5, 5.41) is 3.00. The summed E-state index contributed by atoms with van der Waals surface area (Å²) in [6.07, 6.45) is 1.95. The molecule has 2 aromatic rings. The fraction of sp³-hybridized carbons (Fsp3) is 0.200. The SMILES string of the molecule is CNC(c1ccccc1SC)c1c(F)cccc1F. The first-order valence-corrected chi connectivity index (χ1v) is 7.15. The molecule has 0 aliphatic carbocycles. The number of benzene rings is 2. The number of halogens is 2. The van der Waals surface area contributed by atoms with Gasteiger partial charge < -0.3 is 5.32 Å². The summed E-state index contributed by atoms with van der Waals surface area (Å²) in [5.41, 5.74) is 0.938. The predicted molar refractivity (Wildman–Crippen MR) is 75.5 cm³/mol. The third-order valence-corrected chi connectivity index (χ3v) is 3.84. The number of thioether (sulfide) groups is 1. The van der Waals surface area contributed by atoms with Crippen LogP contribution in [0.3, 0.4) is 0 Å². The van der Waals surface area contributed by atoms with E-state index >= 15 is 0 Å². The predicted octanol–water partition coefficient (Wildman–Crippen LogP) is 4.00. The third-order valence-electron chi connectivity index (χ3n) is 3.03. The van der Waals surface area contributed by atoms with Crippen LogP contribution in [0.2, 0.25) is 0 Å². The number of hydrogen-bond donors (Lipinski definition) is 1. The zero-order chi connectivity index (χ0) is 13.8. The Kier molecular flexibility index (Phi) is 4.56. The first kappa shape index (κ1) is 14.0. The van der Waals surface area contributed by atoms with Gasteiger partial charge in [-0.3, -0.25) is 0 Å². The van der Waals surface area contributed by atoms with Gasteiger partial charge in [-0.15, -0.1) is 11.8 Å². The quantitative estimate of drug-likeness (QED) is 0.849. The highest BCUT2D eigenvalue weighted by atomic mass is 32.2. The van der Waals surface area contributed by atoms with Crippen LogP contribution in [-0.4, -0.2) is 13.3 Å². The molecular formula is C15H15F2NS. The zero-order valence-electron chi connectivity index (χ0n) is 10.8. The summed E-state index contributed by atoms with van der Waals surface area (Å²) in [5.74, 6) is -1.06. The van der Waals surface area contributed by atoms with Gasteiger partial charge in [0.05, 0.1) is 6.04 Å². The Balaban J connectivity index is 2.57. The van der Waals surface area contributed by atoms with Crippen LogP contribution in [0.4, 0.5) is 8.78 Å². The van der Waals surface area contributed by atoms with Crippen molar-refractivity contribution in [2.45, 2.75) is 10.9 Å². The van der Waals surface area contributed by atoms with Gasteiger partial charge >= 0.3 is 0 Å². The molecule has 1 nitrogen and oxygen atoms in total. The van der Waals surface area contributed by atoms with E-state index in [9.17, 15) is 8.78 Å². The molecule has 4 heteroatoms. The first-order valence-electron chi connectivity index (χ1n) is 5.93. The van der Waals surface area contributed by atoms with Crippen molar-refractivity contribution in [3.8, 4) is 0 Å². The standard InChI is InChI=1S/C15H15F2NS/c1-18-15(10-6-3-4-9-13(10)19-2)14-11(16)7-5-8-12(14)17/h3-9,15,18H,1-2H3. The molecule has 0 heterocycles. The van der Waals surface area contributed by atoms with E-state index in [1.807, 2.05) is 30.5 Å². The lowest BCUT2D eigenvalue weighted by atomic mass is 9.98. The molecule has 100 valence electrons. The Morgan fingerprint density at radius 1 is 1.00 bits per heavy atom. The molecule has 0 spiro atoms. The van der Waals surface area contributed by atoms with E-state index in [4.69, 9.17) is 0 Å². The molecule has 0 saturated carbocycles. The average Bonchev–Trinajstić information content (AvgIpc) is 2.43. The Morgan fingerprint density at radius 2 is 1.63 bits per heavy atom. The van der Waals surface area contributed by atoms with E-state index in [1.165, 1.54) is 18.2 Å². The fourth-order valence-corrected chi connectivity index (χ4v) is 2.78. The van der Waals surface area contributed by atoms with E-state index in [2.05, 4.69) is 5.32 Å². The van der Waals surface area contributed by atoms with Crippen molar-refractivity contribution in [3.63, 3.8) is 0 Å². The van der Waals surface area contributed by atoms with Crippen LogP contribution in [0.1, 0.15) is 17.2 Å². The molecule has 1 atom stereocenters. The van der Waals surface area contributed by atoms with Gasteiger partial charge in [-0.25, -0.2) is 8.78 Å². The lowest BCUT2D eigenvalue weighted by Gasteiger charge is -2.20. The van der Waals surface area contributed by atoms with Gasteiger partial charge in [0.1, 0.15) is 11.6 Å². The highest BCUT2D eigenvalue weighted by Crippen LogP contribution is 2.32. The van der Waals surface area contributed by atoms with Crippen molar-refractivity contribution in [2.24, 2.45) is 0 Å². The molecular weight excluding hydrogens is 264 g/mol. The summed E-state index contributed by atoms with van der Waals surface area (Å²) < 4.78 is 27.8. The summed E-state index contributed by atoms with van der Waals surface area (Å²) in [6.45, 7) is 0. The van der Waals surface area contributed by atoms with Crippen LogP contribution >= 0.6 is 11.8 Å². The van der Waals surface area contributed by atoms with E-state index in [1.54, 1.807) is 18.8 Å². The van der Waals surface area contributed by atoms with E-state index < -0.39 is 17.7 Å². The maximum Gasteiger partial charge on any atom is 0.131 e. The van der Waals surface area contributed by atoms with Gasteiger partial charge in [0, 0.05) is 10.5 Å². The van der Waals surface area contributed by atoms with Crippen LogP contribution in [0.15, 0.2) is 47.4 Å². The molecule has 0 saturated heterocycles. The van der Waals surface area contributed by atoms with Crippen LogP contribution < -0.4 is 5.32 Å². The molecule has 0 aliphatic rings. The number of hydrogen-bond acceptors (Lipinski definition) is 2. The Labute approximate surface area is 116 Å². The Bertz CT molecular complexity index is 552. The van der Waals surface area contributed by atoms with E-state index in [-0.39, 0.29) is 5.56 Å². The minimum absolute atomic E-state index is 0.0616. The molecule has 0 aliphatic heterocycles. The maximum atomic E-state index is 13.9. The second kappa shape index (κ2) is 6.17. The minimum Gasteiger partial charge on any atom is -0.309 e. The summed E-state index contributed by atoms with van der Waals surface area (Å²) >= 11 is 1.56. The Morgan fingerprint density at radius 3 is 2.21 bits per heavy atom. The van der Waals surface area contributed by atoms with Crippen molar-refractivity contribution >= 4 is 11.8 Å².